The number of ether oxygens (including phenoxy) is 2. The minimum atomic E-state index is -1.54. The van der Waals surface area contributed by atoms with E-state index in [4.69, 9.17) is 9.47 Å². The first-order valence-electron chi connectivity index (χ1n) is 5.79. The molecule has 6 heteroatoms. The van der Waals surface area contributed by atoms with E-state index in [2.05, 4.69) is 5.32 Å². The van der Waals surface area contributed by atoms with E-state index in [1.54, 1.807) is 0 Å². The minimum Gasteiger partial charge on any atom is -0.454 e. The third-order valence-corrected chi connectivity index (χ3v) is 3.31. The van der Waals surface area contributed by atoms with Gasteiger partial charge in [-0.3, -0.25) is 0 Å². The molecule has 1 fully saturated rings. The first-order valence-corrected chi connectivity index (χ1v) is 5.79. The van der Waals surface area contributed by atoms with Gasteiger partial charge in [-0.15, -0.1) is 0 Å². The second-order valence-corrected chi connectivity index (χ2v) is 4.32. The average molecular weight is 235 g/mol. The van der Waals surface area contributed by atoms with Crippen molar-refractivity contribution in [3.05, 3.63) is 17.7 Å². The molecule has 3 N–H and O–H groups in total. The Morgan fingerprint density at radius 1 is 1.29 bits per heavy atom. The molecule has 0 radical (unpaired) electrons. The number of hydrogen-bond acceptors (Lipinski definition) is 5. The van der Waals surface area contributed by atoms with E-state index in [0.717, 1.165) is 24.9 Å². The molecular formula is C11H14BNO4. The molecule has 0 saturated carbocycles. The molecule has 0 amide bonds. The Labute approximate surface area is 99.5 Å². The van der Waals surface area contributed by atoms with Gasteiger partial charge < -0.3 is 24.8 Å². The summed E-state index contributed by atoms with van der Waals surface area (Å²) in [6.45, 7) is 1.09. The summed E-state index contributed by atoms with van der Waals surface area (Å²) in [5.41, 5.74) is 1.32. The molecule has 2 heterocycles. The van der Waals surface area contributed by atoms with Crippen molar-refractivity contribution in [3.8, 4) is 11.5 Å². The number of hydrogen-bond donors (Lipinski definition) is 3. The van der Waals surface area contributed by atoms with Crippen molar-refractivity contribution < 1.29 is 19.5 Å². The molecule has 5 nitrogen and oxygen atoms in total. The van der Waals surface area contributed by atoms with E-state index in [9.17, 15) is 10.0 Å². The summed E-state index contributed by atoms with van der Waals surface area (Å²) in [7, 11) is -1.54. The SMILES string of the molecule is OB(O)c1c(C2CCCN2)ccc2c1OCO2. The van der Waals surface area contributed by atoms with Gasteiger partial charge >= 0.3 is 7.12 Å². The molecule has 2 aliphatic heterocycles. The first-order chi connectivity index (χ1) is 8.27. The van der Waals surface area contributed by atoms with Crippen LogP contribution in [-0.4, -0.2) is 30.5 Å². The molecule has 0 spiro atoms. The van der Waals surface area contributed by atoms with Crippen LogP contribution in [0.25, 0.3) is 0 Å². The van der Waals surface area contributed by atoms with Crippen LogP contribution in [-0.2, 0) is 0 Å². The third kappa shape index (κ3) is 1.78. The van der Waals surface area contributed by atoms with Crippen molar-refractivity contribution in [1.29, 1.82) is 0 Å². The Bertz CT molecular complexity index is 432. The van der Waals surface area contributed by atoms with Crippen LogP contribution in [0.1, 0.15) is 24.4 Å². The van der Waals surface area contributed by atoms with Crippen LogP contribution < -0.4 is 20.3 Å². The summed E-state index contributed by atoms with van der Waals surface area (Å²) in [6.07, 6.45) is 2.10. The van der Waals surface area contributed by atoms with Crippen LogP contribution in [0.5, 0.6) is 11.5 Å². The summed E-state index contributed by atoms with van der Waals surface area (Å²) in [5.74, 6) is 1.04. The highest BCUT2D eigenvalue weighted by Gasteiger charge is 2.31. The number of fused-ring (bicyclic) bond motifs is 1. The summed E-state index contributed by atoms with van der Waals surface area (Å²) >= 11 is 0. The highest BCUT2D eigenvalue weighted by molar-refractivity contribution is 6.60. The van der Waals surface area contributed by atoms with E-state index in [0.29, 0.717) is 17.0 Å². The van der Waals surface area contributed by atoms with Crippen molar-refractivity contribution in [2.24, 2.45) is 0 Å². The quantitative estimate of drug-likeness (QED) is 0.604. The minimum absolute atomic E-state index is 0.136. The molecule has 1 unspecified atom stereocenters. The van der Waals surface area contributed by atoms with E-state index in [1.807, 2.05) is 12.1 Å². The maximum absolute atomic E-state index is 9.52. The van der Waals surface area contributed by atoms with E-state index in [1.165, 1.54) is 0 Å². The van der Waals surface area contributed by atoms with Gasteiger partial charge in [0.25, 0.3) is 0 Å². The molecule has 0 aromatic heterocycles. The predicted octanol–water partition coefficient (Wildman–Crippen LogP) is -0.480. The Hall–Kier alpha value is -1.24. The van der Waals surface area contributed by atoms with Gasteiger partial charge in [0.15, 0.2) is 11.5 Å². The maximum Gasteiger partial charge on any atom is 0.492 e. The molecule has 1 aromatic carbocycles. The van der Waals surface area contributed by atoms with Gasteiger partial charge in [-0.2, -0.15) is 0 Å². The maximum atomic E-state index is 9.52. The molecular weight excluding hydrogens is 221 g/mol. The largest absolute Gasteiger partial charge is 0.492 e. The first kappa shape index (κ1) is 10.9. The molecule has 0 aliphatic carbocycles. The molecule has 2 aliphatic rings. The van der Waals surface area contributed by atoms with Crippen molar-refractivity contribution >= 4 is 12.6 Å². The van der Waals surface area contributed by atoms with Crippen LogP contribution in [0, 0.1) is 0 Å². The van der Waals surface area contributed by atoms with Gasteiger partial charge in [-0.1, -0.05) is 6.07 Å². The molecule has 1 saturated heterocycles. The molecule has 90 valence electrons. The van der Waals surface area contributed by atoms with E-state index >= 15 is 0 Å². The van der Waals surface area contributed by atoms with Crippen LogP contribution in [0.3, 0.4) is 0 Å². The smallest absolute Gasteiger partial charge is 0.454 e. The highest BCUT2D eigenvalue weighted by Crippen LogP contribution is 2.34. The Morgan fingerprint density at radius 3 is 2.88 bits per heavy atom. The van der Waals surface area contributed by atoms with E-state index < -0.39 is 7.12 Å². The highest BCUT2D eigenvalue weighted by atomic mass is 16.7. The van der Waals surface area contributed by atoms with Crippen molar-refractivity contribution in [2.45, 2.75) is 18.9 Å². The van der Waals surface area contributed by atoms with Crippen LogP contribution in [0.4, 0.5) is 0 Å². The molecule has 1 aromatic rings. The summed E-state index contributed by atoms with van der Waals surface area (Å²) in [5, 5.41) is 22.4. The van der Waals surface area contributed by atoms with Crippen molar-refractivity contribution in [2.75, 3.05) is 13.3 Å². The van der Waals surface area contributed by atoms with Crippen molar-refractivity contribution in [3.63, 3.8) is 0 Å². The van der Waals surface area contributed by atoms with E-state index in [-0.39, 0.29) is 12.8 Å². The molecule has 0 bridgehead atoms. The Kier molecular flexibility index (Phi) is 2.70. The lowest BCUT2D eigenvalue weighted by Gasteiger charge is -2.17. The fourth-order valence-corrected chi connectivity index (χ4v) is 2.53. The number of nitrogens with one attached hydrogen (secondary N) is 1. The van der Waals surface area contributed by atoms with Gasteiger partial charge in [-0.05, 0) is 31.0 Å². The van der Waals surface area contributed by atoms with Gasteiger partial charge in [-0.25, -0.2) is 0 Å². The Balaban J connectivity index is 2.08. The lowest BCUT2D eigenvalue weighted by atomic mass is 9.74. The van der Waals surface area contributed by atoms with Crippen LogP contribution in [0.15, 0.2) is 12.1 Å². The molecule has 17 heavy (non-hydrogen) atoms. The standard InChI is InChI=1S/C11H14BNO4/c14-12(15)10-7(8-2-1-5-13-8)3-4-9-11(10)17-6-16-9/h3-4,8,13-15H,1-2,5-6H2. The Morgan fingerprint density at radius 2 is 2.18 bits per heavy atom. The predicted molar refractivity (Wildman–Crippen MR) is 62.4 cm³/mol. The lowest BCUT2D eigenvalue weighted by Crippen LogP contribution is -2.36. The van der Waals surface area contributed by atoms with Crippen molar-refractivity contribution in [1.82, 2.24) is 5.32 Å². The normalized spacial score (nSPS) is 21.9. The second kappa shape index (κ2) is 4.21. The van der Waals surface area contributed by atoms with Gasteiger partial charge in [0.05, 0.1) is 0 Å². The fourth-order valence-electron chi connectivity index (χ4n) is 2.53. The fraction of sp³-hybridized carbons (Fsp3) is 0.455. The third-order valence-electron chi connectivity index (χ3n) is 3.31. The molecule has 3 rings (SSSR count). The monoisotopic (exact) mass is 235 g/mol. The average Bonchev–Trinajstić information content (AvgIpc) is 2.98. The van der Waals surface area contributed by atoms with Gasteiger partial charge in [0.2, 0.25) is 6.79 Å². The zero-order valence-electron chi connectivity index (χ0n) is 9.35. The van der Waals surface area contributed by atoms with Crippen LogP contribution in [0.2, 0.25) is 0 Å². The summed E-state index contributed by atoms with van der Waals surface area (Å²) in [4.78, 5) is 0. The van der Waals surface area contributed by atoms with Gasteiger partial charge in [0.1, 0.15) is 0 Å². The van der Waals surface area contributed by atoms with Crippen LogP contribution >= 0.6 is 0 Å². The second-order valence-electron chi connectivity index (χ2n) is 4.32. The molecule has 1 atom stereocenters. The lowest BCUT2D eigenvalue weighted by molar-refractivity contribution is 0.174. The summed E-state index contributed by atoms with van der Waals surface area (Å²) in [6, 6.07) is 3.87. The number of rotatable bonds is 2. The van der Waals surface area contributed by atoms with Gasteiger partial charge in [0, 0.05) is 11.5 Å². The number of benzene rings is 1. The zero-order valence-corrected chi connectivity index (χ0v) is 9.35. The summed E-state index contributed by atoms with van der Waals surface area (Å²) < 4.78 is 10.6. The topological polar surface area (TPSA) is 71.0 Å². The zero-order chi connectivity index (χ0) is 11.8.